The monoisotopic (exact) mass is 741 g/mol. The largest absolute Gasteiger partial charge is 0.508 e. The molecular weight excluding hydrogens is 702 g/mol. The molecule has 1 aliphatic carbocycles. The SMILES string of the molecule is CCc1c(F)ccc2cc(O)cc(-c3c(SC(F)(F)F)cc4c(N5CC6CCC(C5)N6)nc(OCC5(CN6C7CCC6COC7)CC5)nc4c3F)c12. The number of hydrogen-bond donors (Lipinski definition) is 2. The molecule has 52 heavy (non-hydrogen) atoms. The van der Waals surface area contributed by atoms with E-state index in [1.54, 1.807) is 6.92 Å². The van der Waals surface area contributed by atoms with E-state index >= 15 is 8.78 Å². The third-order valence-corrected chi connectivity index (χ3v) is 12.5. The summed E-state index contributed by atoms with van der Waals surface area (Å²) < 4.78 is 87.6. The van der Waals surface area contributed by atoms with Crippen molar-refractivity contribution in [3.8, 4) is 22.9 Å². The number of rotatable bonds is 9. The molecule has 4 aromatic rings. The van der Waals surface area contributed by atoms with Crippen LogP contribution in [0.3, 0.4) is 0 Å². The number of fused-ring (bicyclic) bond motifs is 6. The maximum atomic E-state index is 17.4. The van der Waals surface area contributed by atoms with Crippen LogP contribution >= 0.6 is 11.8 Å². The Hall–Kier alpha value is -3.46. The van der Waals surface area contributed by atoms with E-state index in [4.69, 9.17) is 14.5 Å². The highest BCUT2D eigenvalue weighted by molar-refractivity contribution is 8.00. The lowest BCUT2D eigenvalue weighted by atomic mass is 9.92. The second-order valence-electron chi connectivity index (χ2n) is 15.2. The molecule has 5 heterocycles. The molecule has 4 aliphatic heterocycles. The highest BCUT2D eigenvalue weighted by Crippen LogP contribution is 2.51. The quantitative estimate of drug-likeness (QED) is 0.133. The van der Waals surface area contributed by atoms with E-state index in [0.717, 1.165) is 58.3 Å². The number of anilines is 1. The smallest absolute Gasteiger partial charge is 0.446 e. The number of benzene rings is 3. The number of aromatic nitrogens is 2. The first kappa shape index (κ1) is 34.3. The fraction of sp³-hybridized carbons (Fsp3) is 0.526. The van der Waals surface area contributed by atoms with Crippen LogP contribution in [-0.2, 0) is 11.2 Å². The van der Waals surface area contributed by atoms with Crippen molar-refractivity contribution in [3.63, 3.8) is 0 Å². The third-order valence-electron chi connectivity index (χ3n) is 11.7. The molecule has 276 valence electrons. The lowest BCUT2D eigenvalue weighted by molar-refractivity contribution is -0.0328. The Morgan fingerprint density at radius 3 is 2.42 bits per heavy atom. The van der Waals surface area contributed by atoms with Gasteiger partial charge in [-0.3, -0.25) is 4.90 Å². The van der Waals surface area contributed by atoms with Gasteiger partial charge in [0.1, 0.15) is 22.9 Å². The lowest BCUT2D eigenvalue weighted by Crippen LogP contribution is -2.51. The van der Waals surface area contributed by atoms with Crippen molar-refractivity contribution in [2.24, 2.45) is 5.41 Å². The van der Waals surface area contributed by atoms with Crippen LogP contribution in [0.1, 0.15) is 51.0 Å². The van der Waals surface area contributed by atoms with E-state index in [1.165, 1.54) is 30.3 Å². The van der Waals surface area contributed by atoms with Crippen LogP contribution in [0.25, 0.3) is 32.8 Å². The second kappa shape index (κ2) is 12.8. The lowest BCUT2D eigenvalue weighted by Gasteiger charge is -2.37. The summed E-state index contributed by atoms with van der Waals surface area (Å²) in [6, 6.07) is 7.67. The van der Waals surface area contributed by atoms with Crippen molar-refractivity contribution < 1.29 is 36.5 Å². The molecule has 1 aromatic heterocycles. The standard InChI is InChI=1S/C38H40F5N5O3S/c1-2-26-29(39)8-3-20-11-25(49)12-27(31(20)26)32-30(52-38(41,42)43)13-28-34(33(32)40)45-36(46-35(28)47-14-21-4-5-22(15-47)44-21)51-19-37(9-10-37)18-48-23-6-7-24(48)17-50-16-23/h3,8,11-13,21-24,44,49H,2,4-7,9-10,14-19H2,1H3. The predicted molar refractivity (Wildman–Crippen MR) is 189 cm³/mol. The minimum atomic E-state index is -4.78. The molecule has 0 amide bonds. The Labute approximate surface area is 302 Å². The van der Waals surface area contributed by atoms with E-state index in [0.29, 0.717) is 43.0 Å². The van der Waals surface area contributed by atoms with E-state index in [2.05, 4.69) is 15.2 Å². The first-order valence-electron chi connectivity index (χ1n) is 18.2. The van der Waals surface area contributed by atoms with Crippen molar-refractivity contribution in [3.05, 3.63) is 47.5 Å². The Bertz CT molecular complexity index is 2030. The molecule has 4 unspecified atom stereocenters. The minimum absolute atomic E-state index is 0.0354. The van der Waals surface area contributed by atoms with E-state index in [9.17, 15) is 18.3 Å². The highest BCUT2D eigenvalue weighted by Gasteiger charge is 2.49. The van der Waals surface area contributed by atoms with Crippen molar-refractivity contribution in [2.75, 3.05) is 44.4 Å². The molecule has 5 aliphatic rings. The molecule has 0 radical (unpaired) electrons. The van der Waals surface area contributed by atoms with Gasteiger partial charge >= 0.3 is 11.5 Å². The number of ether oxygens (including phenoxy) is 2. The highest BCUT2D eigenvalue weighted by atomic mass is 32.2. The number of phenolic OH excluding ortho intramolecular Hbond substituents is 1. The Balaban J connectivity index is 1.19. The van der Waals surface area contributed by atoms with Gasteiger partial charge in [-0.2, -0.15) is 23.1 Å². The normalized spacial score (nSPS) is 25.4. The van der Waals surface area contributed by atoms with Crippen LogP contribution in [0.5, 0.6) is 11.8 Å². The van der Waals surface area contributed by atoms with Gasteiger partial charge in [-0.15, -0.1) is 0 Å². The first-order valence-corrected chi connectivity index (χ1v) is 19.0. The Morgan fingerprint density at radius 2 is 1.75 bits per heavy atom. The summed E-state index contributed by atoms with van der Waals surface area (Å²) in [5.41, 5.74) is -5.30. The number of morpholine rings is 1. The fourth-order valence-corrected chi connectivity index (χ4v) is 9.77. The predicted octanol–water partition coefficient (Wildman–Crippen LogP) is 7.57. The molecule has 4 atom stereocenters. The number of hydrogen-bond acceptors (Lipinski definition) is 9. The number of nitrogens with one attached hydrogen (secondary N) is 1. The average molecular weight is 742 g/mol. The first-order chi connectivity index (χ1) is 25.0. The van der Waals surface area contributed by atoms with Crippen LogP contribution in [-0.4, -0.2) is 89.1 Å². The van der Waals surface area contributed by atoms with Gasteiger partial charge in [0.2, 0.25) is 0 Å². The summed E-state index contributed by atoms with van der Waals surface area (Å²) in [6.07, 6.45) is 6.28. The molecule has 1 saturated carbocycles. The maximum absolute atomic E-state index is 17.4. The molecule has 4 saturated heterocycles. The van der Waals surface area contributed by atoms with Gasteiger partial charge in [0.15, 0.2) is 5.82 Å². The average Bonchev–Trinajstić information content (AvgIpc) is 3.74. The van der Waals surface area contributed by atoms with Crippen LogP contribution < -0.4 is 15.0 Å². The topological polar surface area (TPSA) is 83.0 Å². The van der Waals surface area contributed by atoms with Gasteiger partial charge in [0.05, 0.1) is 19.8 Å². The fourth-order valence-electron chi connectivity index (χ4n) is 9.04. The Morgan fingerprint density at radius 1 is 1.02 bits per heavy atom. The van der Waals surface area contributed by atoms with Gasteiger partial charge in [-0.1, -0.05) is 13.0 Å². The van der Waals surface area contributed by atoms with Crippen molar-refractivity contribution >= 4 is 39.3 Å². The van der Waals surface area contributed by atoms with Gasteiger partial charge in [-0.25, -0.2) is 8.78 Å². The summed E-state index contributed by atoms with van der Waals surface area (Å²) in [5.74, 6) is -1.54. The molecule has 5 fully saturated rings. The maximum Gasteiger partial charge on any atom is 0.446 e. The summed E-state index contributed by atoms with van der Waals surface area (Å²) >= 11 is -0.447. The van der Waals surface area contributed by atoms with Crippen LogP contribution in [0.4, 0.5) is 27.8 Å². The van der Waals surface area contributed by atoms with Crippen molar-refractivity contribution in [2.45, 2.75) is 86.4 Å². The number of aromatic hydroxyl groups is 1. The second-order valence-corrected chi connectivity index (χ2v) is 16.3. The van der Waals surface area contributed by atoms with E-state index in [1.807, 2.05) is 4.90 Å². The van der Waals surface area contributed by atoms with Crippen molar-refractivity contribution in [1.82, 2.24) is 20.2 Å². The number of thioether (sulfide) groups is 1. The number of nitrogens with zero attached hydrogens (tertiary/aromatic N) is 4. The van der Waals surface area contributed by atoms with Crippen molar-refractivity contribution in [1.29, 1.82) is 0 Å². The zero-order valence-corrected chi connectivity index (χ0v) is 29.6. The Kier molecular flexibility index (Phi) is 8.48. The van der Waals surface area contributed by atoms with Gasteiger partial charge < -0.3 is 24.8 Å². The number of phenols is 1. The molecule has 9 rings (SSSR count). The number of halogens is 5. The zero-order chi connectivity index (χ0) is 35.9. The van der Waals surface area contributed by atoms with E-state index < -0.39 is 39.4 Å². The number of aryl methyl sites for hydroxylation is 1. The number of piperazine rings is 1. The zero-order valence-electron chi connectivity index (χ0n) is 28.7. The molecular formula is C38H40F5N5O3S. The van der Waals surface area contributed by atoms with E-state index in [-0.39, 0.29) is 63.1 Å². The summed E-state index contributed by atoms with van der Waals surface area (Å²) in [5, 5.41) is 15.1. The summed E-state index contributed by atoms with van der Waals surface area (Å²) in [7, 11) is 0. The molecule has 14 heteroatoms. The molecule has 2 N–H and O–H groups in total. The molecule has 8 nitrogen and oxygen atoms in total. The van der Waals surface area contributed by atoms with Crippen LogP contribution in [0.15, 0.2) is 35.2 Å². The van der Waals surface area contributed by atoms with Crippen LogP contribution in [0.2, 0.25) is 0 Å². The van der Waals surface area contributed by atoms with Gasteiger partial charge in [0.25, 0.3) is 0 Å². The minimum Gasteiger partial charge on any atom is -0.508 e. The van der Waals surface area contributed by atoms with Gasteiger partial charge in [0, 0.05) is 65.1 Å². The van der Waals surface area contributed by atoms with Crippen LogP contribution in [0, 0.1) is 17.0 Å². The molecule has 4 bridgehead atoms. The van der Waals surface area contributed by atoms with Gasteiger partial charge in [-0.05, 0) is 103 Å². The molecule has 3 aromatic carbocycles. The number of alkyl halides is 3. The third kappa shape index (κ3) is 6.22. The summed E-state index contributed by atoms with van der Waals surface area (Å²) in [4.78, 5) is 13.5. The summed E-state index contributed by atoms with van der Waals surface area (Å²) in [6.45, 7) is 5.47. The molecule has 0 spiro atoms.